The molecule has 0 aromatic rings. The lowest BCUT2D eigenvalue weighted by Gasteiger charge is -2.22. The van der Waals surface area contributed by atoms with Crippen molar-refractivity contribution in [3.8, 4) is 0 Å². The summed E-state index contributed by atoms with van der Waals surface area (Å²) in [5.41, 5.74) is 0. The zero-order valence-corrected chi connectivity index (χ0v) is 10.2. The lowest BCUT2D eigenvalue weighted by Crippen LogP contribution is -2.37. The number of likely N-dealkylation sites (N-methyl/N-ethyl adjacent to an activating group) is 2. The summed E-state index contributed by atoms with van der Waals surface area (Å²) < 4.78 is 0. The Bertz CT molecular complexity index is 112. The van der Waals surface area contributed by atoms with Crippen LogP contribution in [0.2, 0.25) is 0 Å². The standard InChI is InChI=1S/C9H20N2.2ClH/c1-3-10-8-9-6-5-7-11(9)4-2;;/h9-10H,3-8H2,1-2H3;2*1H. The summed E-state index contributed by atoms with van der Waals surface area (Å²) in [6.45, 7) is 9.25. The third-order valence-electron chi connectivity index (χ3n) is 2.54. The maximum Gasteiger partial charge on any atom is 0.0220 e. The molecule has 1 N–H and O–H groups in total. The summed E-state index contributed by atoms with van der Waals surface area (Å²) in [6, 6.07) is 0.819. The lowest BCUT2D eigenvalue weighted by atomic mass is 10.2. The molecule has 0 spiro atoms. The molecule has 0 aliphatic carbocycles. The minimum atomic E-state index is 0. The highest BCUT2D eigenvalue weighted by atomic mass is 35.5. The van der Waals surface area contributed by atoms with Crippen molar-refractivity contribution >= 4 is 24.8 Å². The predicted molar refractivity (Wildman–Crippen MR) is 63.3 cm³/mol. The molecule has 1 heterocycles. The lowest BCUT2D eigenvalue weighted by molar-refractivity contribution is 0.261. The molecule has 0 aromatic heterocycles. The van der Waals surface area contributed by atoms with E-state index < -0.39 is 0 Å². The van der Waals surface area contributed by atoms with Crippen LogP contribution < -0.4 is 5.32 Å². The number of hydrogen-bond acceptors (Lipinski definition) is 2. The molecular formula is C9H22Cl2N2. The van der Waals surface area contributed by atoms with Gasteiger partial charge in [-0.25, -0.2) is 0 Å². The second kappa shape index (κ2) is 9.07. The molecule has 0 bridgehead atoms. The molecule has 0 saturated carbocycles. The van der Waals surface area contributed by atoms with Gasteiger partial charge in [-0.15, -0.1) is 24.8 Å². The van der Waals surface area contributed by atoms with Crippen molar-refractivity contribution in [2.75, 3.05) is 26.2 Å². The Morgan fingerprint density at radius 2 is 2.00 bits per heavy atom. The van der Waals surface area contributed by atoms with Crippen LogP contribution in [-0.4, -0.2) is 37.1 Å². The SMILES string of the molecule is CCNCC1CCCN1CC.Cl.Cl. The van der Waals surface area contributed by atoms with Crippen molar-refractivity contribution in [3.05, 3.63) is 0 Å². The van der Waals surface area contributed by atoms with E-state index in [0.717, 1.165) is 12.6 Å². The second-order valence-corrected chi connectivity index (χ2v) is 3.23. The normalized spacial score (nSPS) is 22.2. The molecule has 0 radical (unpaired) electrons. The van der Waals surface area contributed by atoms with Crippen LogP contribution in [0.4, 0.5) is 0 Å². The Morgan fingerprint density at radius 1 is 1.31 bits per heavy atom. The largest absolute Gasteiger partial charge is 0.315 e. The van der Waals surface area contributed by atoms with Crippen LogP contribution in [0.5, 0.6) is 0 Å². The molecule has 1 fully saturated rings. The summed E-state index contributed by atoms with van der Waals surface area (Å²) in [5, 5.41) is 3.41. The van der Waals surface area contributed by atoms with Crippen molar-refractivity contribution in [2.45, 2.75) is 32.7 Å². The minimum Gasteiger partial charge on any atom is -0.315 e. The van der Waals surface area contributed by atoms with E-state index >= 15 is 0 Å². The fraction of sp³-hybridized carbons (Fsp3) is 1.00. The van der Waals surface area contributed by atoms with Gasteiger partial charge in [-0.2, -0.15) is 0 Å². The quantitative estimate of drug-likeness (QED) is 0.792. The summed E-state index contributed by atoms with van der Waals surface area (Å²) in [7, 11) is 0. The molecule has 1 aliphatic heterocycles. The maximum atomic E-state index is 3.41. The smallest absolute Gasteiger partial charge is 0.0220 e. The molecule has 1 aliphatic rings. The molecular weight excluding hydrogens is 207 g/mol. The van der Waals surface area contributed by atoms with Gasteiger partial charge in [-0.3, -0.25) is 4.90 Å². The number of rotatable bonds is 4. The first-order valence-corrected chi connectivity index (χ1v) is 4.83. The van der Waals surface area contributed by atoms with E-state index in [1.165, 1.54) is 32.5 Å². The molecule has 4 heteroatoms. The zero-order chi connectivity index (χ0) is 8.10. The van der Waals surface area contributed by atoms with Gasteiger partial charge in [0.25, 0.3) is 0 Å². The van der Waals surface area contributed by atoms with Crippen LogP contribution >= 0.6 is 24.8 Å². The van der Waals surface area contributed by atoms with Crippen molar-refractivity contribution < 1.29 is 0 Å². The highest BCUT2D eigenvalue weighted by molar-refractivity contribution is 5.85. The first-order valence-electron chi connectivity index (χ1n) is 4.83. The Morgan fingerprint density at radius 3 is 2.54 bits per heavy atom. The van der Waals surface area contributed by atoms with E-state index in [9.17, 15) is 0 Å². The van der Waals surface area contributed by atoms with Crippen molar-refractivity contribution in [1.29, 1.82) is 0 Å². The highest BCUT2D eigenvalue weighted by Gasteiger charge is 2.21. The third-order valence-corrected chi connectivity index (χ3v) is 2.54. The number of nitrogens with one attached hydrogen (secondary N) is 1. The van der Waals surface area contributed by atoms with Crippen LogP contribution in [0.25, 0.3) is 0 Å². The van der Waals surface area contributed by atoms with E-state index in [1.54, 1.807) is 0 Å². The van der Waals surface area contributed by atoms with Crippen LogP contribution in [0.1, 0.15) is 26.7 Å². The van der Waals surface area contributed by atoms with E-state index in [1.807, 2.05) is 0 Å². The van der Waals surface area contributed by atoms with Gasteiger partial charge in [0.1, 0.15) is 0 Å². The van der Waals surface area contributed by atoms with E-state index in [2.05, 4.69) is 24.1 Å². The highest BCUT2D eigenvalue weighted by Crippen LogP contribution is 2.15. The van der Waals surface area contributed by atoms with E-state index in [4.69, 9.17) is 0 Å². The number of likely N-dealkylation sites (tertiary alicyclic amines) is 1. The zero-order valence-electron chi connectivity index (χ0n) is 8.58. The van der Waals surface area contributed by atoms with Gasteiger partial charge in [-0.1, -0.05) is 13.8 Å². The summed E-state index contributed by atoms with van der Waals surface area (Å²) in [4.78, 5) is 2.57. The fourth-order valence-electron chi connectivity index (χ4n) is 1.85. The molecule has 0 aromatic carbocycles. The predicted octanol–water partition coefficient (Wildman–Crippen LogP) is 1.92. The molecule has 1 saturated heterocycles. The van der Waals surface area contributed by atoms with Crippen molar-refractivity contribution in [3.63, 3.8) is 0 Å². The van der Waals surface area contributed by atoms with Crippen LogP contribution in [0.15, 0.2) is 0 Å². The molecule has 2 nitrogen and oxygen atoms in total. The van der Waals surface area contributed by atoms with E-state index in [-0.39, 0.29) is 24.8 Å². The third kappa shape index (κ3) is 5.06. The molecule has 1 unspecified atom stereocenters. The maximum absolute atomic E-state index is 3.41. The average molecular weight is 229 g/mol. The molecule has 1 rings (SSSR count). The van der Waals surface area contributed by atoms with Crippen molar-refractivity contribution in [1.82, 2.24) is 10.2 Å². The van der Waals surface area contributed by atoms with Gasteiger partial charge in [-0.05, 0) is 32.5 Å². The summed E-state index contributed by atoms with van der Waals surface area (Å²) >= 11 is 0. The van der Waals surface area contributed by atoms with Crippen molar-refractivity contribution in [2.24, 2.45) is 0 Å². The topological polar surface area (TPSA) is 15.3 Å². The summed E-state index contributed by atoms with van der Waals surface area (Å²) in [5.74, 6) is 0. The second-order valence-electron chi connectivity index (χ2n) is 3.23. The number of nitrogens with zero attached hydrogens (tertiary/aromatic N) is 1. The van der Waals surface area contributed by atoms with Crippen LogP contribution in [0.3, 0.4) is 0 Å². The summed E-state index contributed by atoms with van der Waals surface area (Å²) in [6.07, 6.45) is 2.78. The Labute approximate surface area is 94.3 Å². The molecule has 82 valence electrons. The van der Waals surface area contributed by atoms with Gasteiger partial charge < -0.3 is 5.32 Å². The first-order chi connectivity index (χ1) is 5.38. The minimum absolute atomic E-state index is 0. The molecule has 0 amide bonds. The van der Waals surface area contributed by atoms with Gasteiger partial charge >= 0.3 is 0 Å². The van der Waals surface area contributed by atoms with Gasteiger partial charge in [0, 0.05) is 12.6 Å². The Kier molecular flexibility index (Phi) is 11.1. The van der Waals surface area contributed by atoms with Gasteiger partial charge in [0.15, 0.2) is 0 Å². The number of halogens is 2. The van der Waals surface area contributed by atoms with E-state index in [0.29, 0.717) is 0 Å². The average Bonchev–Trinajstić information content (AvgIpc) is 2.47. The van der Waals surface area contributed by atoms with Gasteiger partial charge in [0.05, 0.1) is 0 Å². The first kappa shape index (κ1) is 15.9. The van der Waals surface area contributed by atoms with Gasteiger partial charge in [0.2, 0.25) is 0 Å². The van der Waals surface area contributed by atoms with Crippen LogP contribution in [-0.2, 0) is 0 Å². The fourth-order valence-corrected chi connectivity index (χ4v) is 1.85. The number of hydrogen-bond donors (Lipinski definition) is 1. The Balaban J connectivity index is 0. The monoisotopic (exact) mass is 228 g/mol. The Hall–Kier alpha value is 0.500. The van der Waals surface area contributed by atoms with Crippen LogP contribution in [0, 0.1) is 0 Å². The molecule has 13 heavy (non-hydrogen) atoms. The molecule has 1 atom stereocenters.